The molecule has 0 aliphatic rings. The molecule has 0 aromatic carbocycles. The number of aromatic nitrogens is 1. The minimum Gasteiger partial charge on any atom is -0.503 e. The number of hydrogen-bond donors (Lipinski definition) is 4. The Kier molecular flexibility index (Phi) is 4.49. The van der Waals surface area contributed by atoms with Crippen LogP contribution in [0.2, 0.25) is 0 Å². The molecule has 1 aromatic rings. The highest BCUT2D eigenvalue weighted by Crippen LogP contribution is 2.13. The largest absolute Gasteiger partial charge is 0.503 e. The van der Waals surface area contributed by atoms with Crippen molar-refractivity contribution in [2.75, 3.05) is 7.05 Å². The molecule has 0 unspecified atom stereocenters. The predicted octanol–water partition coefficient (Wildman–Crippen LogP) is 0.174. The second-order valence-electron chi connectivity index (χ2n) is 4.27. The molecule has 18 heavy (non-hydrogen) atoms. The number of hydrogen-bond acceptors (Lipinski definition) is 4. The van der Waals surface area contributed by atoms with Crippen molar-refractivity contribution in [2.24, 2.45) is 0 Å². The van der Waals surface area contributed by atoms with Crippen molar-refractivity contribution < 1.29 is 9.90 Å². The van der Waals surface area contributed by atoms with Crippen LogP contribution < -0.4 is 16.1 Å². The van der Waals surface area contributed by atoms with Crippen LogP contribution in [-0.2, 0) is 4.79 Å². The Bertz CT molecular complexity index is 496. The molecule has 6 nitrogen and oxygen atoms in total. The van der Waals surface area contributed by atoms with Gasteiger partial charge in [-0.05, 0) is 20.8 Å². The van der Waals surface area contributed by atoms with E-state index in [1.165, 1.54) is 0 Å². The van der Waals surface area contributed by atoms with Gasteiger partial charge in [0.1, 0.15) is 0 Å². The lowest BCUT2D eigenvalue weighted by Crippen LogP contribution is -2.42. The van der Waals surface area contributed by atoms with Gasteiger partial charge in [0, 0.05) is 24.8 Å². The van der Waals surface area contributed by atoms with Gasteiger partial charge < -0.3 is 15.4 Å². The summed E-state index contributed by atoms with van der Waals surface area (Å²) < 4.78 is 0. The van der Waals surface area contributed by atoms with E-state index in [1.54, 1.807) is 34.0 Å². The van der Waals surface area contributed by atoms with Gasteiger partial charge >= 0.3 is 0 Å². The maximum atomic E-state index is 11.8. The summed E-state index contributed by atoms with van der Waals surface area (Å²) >= 11 is 0. The van der Waals surface area contributed by atoms with Gasteiger partial charge in [0.25, 0.3) is 0 Å². The number of likely N-dealkylation sites (N-methyl/N-ethyl adjacent to an activating group) is 1. The van der Waals surface area contributed by atoms with Gasteiger partial charge in [-0.25, -0.2) is 0 Å². The van der Waals surface area contributed by atoms with Crippen LogP contribution in [0.1, 0.15) is 31.1 Å². The van der Waals surface area contributed by atoms with Crippen LogP contribution in [0.3, 0.4) is 0 Å². The molecular formula is C12H19N3O3. The van der Waals surface area contributed by atoms with Crippen LogP contribution in [0.25, 0.3) is 0 Å². The third-order valence-corrected chi connectivity index (χ3v) is 2.88. The van der Waals surface area contributed by atoms with E-state index >= 15 is 0 Å². The smallest absolute Gasteiger partial charge is 0.236 e. The summed E-state index contributed by atoms with van der Waals surface area (Å²) in [6.45, 7) is 5.09. The first-order valence-corrected chi connectivity index (χ1v) is 5.77. The average Bonchev–Trinajstić information content (AvgIpc) is 2.34. The lowest BCUT2D eigenvalue weighted by atomic mass is 10.1. The minimum absolute atomic E-state index is 0.158. The first kappa shape index (κ1) is 14.2. The van der Waals surface area contributed by atoms with Crippen LogP contribution in [0, 0.1) is 6.92 Å². The number of carbonyl (C=O) groups excluding carboxylic acids is 1. The van der Waals surface area contributed by atoms with Gasteiger partial charge in [0.05, 0.1) is 11.7 Å². The SMILES string of the molecule is CNC(=O)[C@H](C)N[C@@H](C)c1c[nH]c(C)c(O)c1=O. The van der Waals surface area contributed by atoms with Crippen molar-refractivity contribution in [3.05, 3.63) is 27.7 Å². The van der Waals surface area contributed by atoms with Crippen molar-refractivity contribution in [3.63, 3.8) is 0 Å². The van der Waals surface area contributed by atoms with Gasteiger partial charge in [-0.15, -0.1) is 0 Å². The number of aryl methyl sites for hydroxylation is 1. The standard InChI is InChI=1S/C12H19N3O3/c1-6(15-8(3)12(18)13-4)9-5-14-7(2)10(16)11(9)17/h5-6,8,15-16H,1-4H3,(H,13,18)(H,14,17)/t6-,8-/m0/s1. The topological polar surface area (TPSA) is 94.2 Å². The number of carbonyl (C=O) groups is 1. The Labute approximate surface area is 105 Å². The molecule has 0 bridgehead atoms. The van der Waals surface area contributed by atoms with Crippen LogP contribution in [0.4, 0.5) is 0 Å². The van der Waals surface area contributed by atoms with E-state index in [4.69, 9.17) is 0 Å². The van der Waals surface area contributed by atoms with Crippen molar-refractivity contribution in [2.45, 2.75) is 32.9 Å². The first-order valence-electron chi connectivity index (χ1n) is 5.77. The summed E-state index contributed by atoms with van der Waals surface area (Å²) in [4.78, 5) is 26.0. The summed E-state index contributed by atoms with van der Waals surface area (Å²) in [6, 6.07) is -0.764. The van der Waals surface area contributed by atoms with Crippen LogP contribution >= 0.6 is 0 Å². The van der Waals surface area contributed by atoms with Gasteiger partial charge in [-0.1, -0.05) is 0 Å². The van der Waals surface area contributed by atoms with E-state index in [1.807, 2.05) is 0 Å². The van der Waals surface area contributed by atoms with E-state index in [0.29, 0.717) is 11.3 Å². The molecule has 0 aliphatic carbocycles. The molecule has 0 saturated heterocycles. The predicted molar refractivity (Wildman–Crippen MR) is 68.5 cm³/mol. The molecule has 2 atom stereocenters. The first-order chi connectivity index (χ1) is 8.38. The highest BCUT2D eigenvalue weighted by molar-refractivity contribution is 5.80. The minimum atomic E-state index is -0.423. The maximum absolute atomic E-state index is 11.8. The molecule has 4 N–H and O–H groups in total. The van der Waals surface area contributed by atoms with Gasteiger partial charge in [0.15, 0.2) is 5.75 Å². The Morgan fingerprint density at radius 1 is 1.44 bits per heavy atom. The van der Waals surface area contributed by atoms with Crippen molar-refractivity contribution >= 4 is 5.91 Å². The monoisotopic (exact) mass is 253 g/mol. The van der Waals surface area contributed by atoms with E-state index in [9.17, 15) is 14.7 Å². The second kappa shape index (κ2) is 5.68. The van der Waals surface area contributed by atoms with E-state index < -0.39 is 11.5 Å². The number of aromatic hydroxyl groups is 1. The molecule has 0 spiro atoms. The molecule has 0 fully saturated rings. The summed E-state index contributed by atoms with van der Waals surface area (Å²) in [5, 5.41) is 15.1. The number of pyridine rings is 1. The fourth-order valence-electron chi connectivity index (χ4n) is 1.71. The number of amides is 1. The molecule has 0 saturated carbocycles. The highest BCUT2D eigenvalue weighted by Gasteiger charge is 2.18. The molecule has 6 heteroatoms. The molecule has 0 aliphatic heterocycles. The van der Waals surface area contributed by atoms with Crippen LogP contribution in [-0.4, -0.2) is 29.1 Å². The van der Waals surface area contributed by atoms with Gasteiger partial charge in [0.2, 0.25) is 11.3 Å². The molecule has 1 amide bonds. The van der Waals surface area contributed by atoms with Crippen LogP contribution in [0.5, 0.6) is 5.75 Å². The summed E-state index contributed by atoms with van der Waals surface area (Å²) in [5.74, 6) is -0.441. The zero-order valence-electron chi connectivity index (χ0n) is 11.0. The Morgan fingerprint density at radius 3 is 2.61 bits per heavy atom. The third kappa shape index (κ3) is 2.89. The lowest BCUT2D eigenvalue weighted by molar-refractivity contribution is -0.122. The van der Waals surface area contributed by atoms with Crippen molar-refractivity contribution in [1.29, 1.82) is 0 Å². The van der Waals surface area contributed by atoms with E-state index in [-0.39, 0.29) is 17.7 Å². The Morgan fingerprint density at radius 2 is 2.06 bits per heavy atom. The number of aromatic amines is 1. The van der Waals surface area contributed by atoms with Crippen LogP contribution in [0.15, 0.2) is 11.0 Å². The van der Waals surface area contributed by atoms with E-state index in [2.05, 4.69) is 15.6 Å². The molecule has 0 radical (unpaired) electrons. The summed E-state index contributed by atoms with van der Waals surface area (Å²) in [5.41, 5.74) is 0.402. The Balaban J connectivity index is 2.92. The fraction of sp³-hybridized carbons (Fsp3) is 0.500. The zero-order valence-corrected chi connectivity index (χ0v) is 11.0. The van der Waals surface area contributed by atoms with Crippen molar-refractivity contribution in [3.8, 4) is 5.75 Å². The number of rotatable bonds is 4. The molecule has 100 valence electrons. The lowest BCUT2D eigenvalue weighted by Gasteiger charge is -2.19. The zero-order chi connectivity index (χ0) is 13.9. The summed E-state index contributed by atoms with van der Waals surface area (Å²) in [7, 11) is 1.55. The third-order valence-electron chi connectivity index (χ3n) is 2.88. The molecule has 1 rings (SSSR count). The van der Waals surface area contributed by atoms with Crippen molar-refractivity contribution in [1.82, 2.24) is 15.6 Å². The Hall–Kier alpha value is -1.82. The second-order valence-corrected chi connectivity index (χ2v) is 4.27. The van der Waals surface area contributed by atoms with Gasteiger partial charge in [-0.3, -0.25) is 14.9 Å². The quantitative estimate of drug-likeness (QED) is 0.615. The average molecular weight is 253 g/mol. The van der Waals surface area contributed by atoms with E-state index in [0.717, 1.165) is 0 Å². The maximum Gasteiger partial charge on any atom is 0.236 e. The molecule has 1 heterocycles. The van der Waals surface area contributed by atoms with Gasteiger partial charge in [-0.2, -0.15) is 0 Å². The molecule has 1 aromatic heterocycles. The number of nitrogens with one attached hydrogen (secondary N) is 3. The highest BCUT2D eigenvalue weighted by atomic mass is 16.3. The number of H-pyrrole nitrogens is 1. The normalized spacial score (nSPS) is 14.0. The summed E-state index contributed by atoms with van der Waals surface area (Å²) in [6.07, 6.45) is 1.55. The fourth-order valence-corrected chi connectivity index (χ4v) is 1.71. The molecular weight excluding hydrogens is 234 g/mol.